The molecule has 0 bridgehead atoms. The molecule has 0 spiro atoms. The van der Waals surface area contributed by atoms with Crippen molar-refractivity contribution < 1.29 is 9.53 Å². The number of carbonyl (C=O) groups is 1. The summed E-state index contributed by atoms with van der Waals surface area (Å²) in [6.45, 7) is 9.49. The van der Waals surface area contributed by atoms with E-state index >= 15 is 0 Å². The Labute approximate surface area is 113 Å². The zero-order valence-corrected chi connectivity index (χ0v) is 11.3. The van der Waals surface area contributed by atoms with Gasteiger partial charge in [-0.15, -0.1) is 0 Å². The highest BCUT2D eigenvalue weighted by atomic mass is 16.5. The summed E-state index contributed by atoms with van der Waals surface area (Å²) in [5.74, 6) is -1.05. The fraction of sp³-hybridized carbons (Fsp3) is 0.250. The summed E-state index contributed by atoms with van der Waals surface area (Å²) in [5.41, 5.74) is 2.51. The molecule has 1 unspecified atom stereocenters. The number of rotatable bonds is 5. The van der Waals surface area contributed by atoms with Crippen LogP contribution in [0.5, 0.6) is 0 Å². The lowest BCUT2D eigenvalue weighted by Gasteiger charge is -2.17. The lowest BCUT2D eigenvalue weighted by molar-refractivity contribution is -0.136. The maximum absolute atomic E-state index is 11.6. The molecular formula is C16H17NO2. The van der Waals surface area contributed by atoms with Gasteiger partial charge >= 0.3 is 5.97 Å². The first-order valence-electron chi connectivity index (χ1n) is 6.00. The third kappa shape index (κ3) is 3.32. The van der Waals surface area contributed by atoms with E-state index in [0.717, 1.165) is 12.0 Å². The Morgan fingerprint density at radius 1 is 1.37 bits per heavy atom. The van der Waals surface area contributed by atoms with Crippen molar-refractivity contribution in [2.24, 2.45) is 0 Å². The molecule has 3 heteroatoms. The van der Waals surface area contributed by atoms with Crippen LogP contribution in [0.1, 0.15) is 24.0 Å². The third-order valence-electron chi connectivity index (χ3n) is 3.01. The van der Waals surface area contributed by atoms with Gasteiger partial charge in [-0.25, -0.2) is 4.79 Å². The molecule has 98 valence electrons. The summed E-state index contributed by atoms with van der Waals surface area (Å²) >= 11 is 0. The quantitative estimate of drug-likeness (QED) is 0.461. The maximum Gasteiger partial charge on any atom is 0.334 e. The number of methoxy groups -OCH3 is 1. The Hall–Kier alpha value is -2.34. The summed E-state index contributed by atoms with van der Waals surface area (Å²) < 4.78 is 4.67. The fourth-order valence-electron chi connectivity index (χ4n) is 1.87. The van der Waals surface area contributed by atoms with Crippen molar-refractivity contribution >= 4 is 5.97 Å². The van der Waals surface area contributed by atoms with E-state index in [0.29, 0.717) is 0 Å². The molecule has 0 amide bonds. The summed E-state index contributed by atoms with van der Waals surface area (Å²) in [7, 11) is 1.29. The topological polar surface area (TPSA) is 50.1 Å². The number of ether oxygens (including phenoxy) is 1. The van der Waals surface area contributed by atoms with E-state index in [1.165, 1.54) is 12.7 Å². The van der Waals surface area contributed by atoms with E-state index in [1.54, 1.807) is 0 Å². The minimum atomic E-state index is -0.527. The molecule has 0 aliphatic heterocycles. The monoisotopic (exact) mass is 255 g/mol. The second-order valence-electron chi connectivity index (χ2n) is 4.18. The van der Waals surface area contributed by atoms with Gasteiger partial charge in [-0.1, -0.05) is 44.3 Å². The van der Waals surface area contributed by atoms with Crippen LogP contribution in [0.3, 0.4) is 0 Å². The molecule has 0 radical (unpaired) electrons. The first-order chi connectivity index (χ1) is 9.04. The number of nitriles is 1. The Balaban J connectivity index is 3.17. The number of esters is 1. The fourth-order valence-corrected chi connectivity index (χ4v) is 1.87. The summed E-state index contributed by atoms with van der Waals surface area (Å²) in [5, 5.41) is 9.03. The van der Waals surface area contributed by atoms with Crippen LogP contribution in [0.25, 0.3) is 0 Å². The van der Waals surface area contributed by atoms with Gasteiger partial charge in [0.05, 0.1) is 13.2 Å². The Morgan fingerprint density at radius 3 is 2.37 bits per heavy atom. The Morgan fingerprint density at radius 2 is 1.95 bits per heavy atom. The number of nitrogens with zero attached hydrogens (tertiary/aromatic N) is 1. The van der Waals surface area contributed by atoms with Gasteiger partial charge in [-0.05, 0) is 17.5 Å². The highest BCUT2D eigenvalue weighted by Gasteiger charge is 2.24. The maximum atomic E-state index is 11.6. The minimum Gasteiger partial charge on any atom is -0.466 e. The predicted molar refractivity (Wildman–Crippen MR) is 74.5 cm³/mol. The second kappa shape index (κ2) is 6.55. The summed E-state index contributed by atoms with van der Waals surface area (Å²) in [4.78, 5) is 11.6. The molecule has 1 aromatic carbocycles. The first-order valence-corrected chi connectivity index (χ1v) is 6.00. The molecule has 0 saturated carbocycles. The highest BCUT2D eigenvalue weighted by molar-refractivity contribution is 5.90. The molecule has 0 aliphatic rings. The van der Waals surface area contributed by atoms with Crippen molar-refractivity contribution in [2.75, 3.05) is 7.11 Å². The van der Waals surface area contributed by atoms with Crippen LogP contribution >= 0.6 is 0 Å². The summed E-state index contributed by atoms with van der Waals surface area (Å²) in [6.07, 6.45) is 0.933. The zero-order valence-electron chi connectivity index (χ0n) is 11.3. The molecule has 1 atom stereocenters. The minimum absolute atomic E-state index is 0.221. The largest absolute Gasteiger partial charge is 0.466 e. The van der Waals surface area contributed by atoms with E-state index in [2.05, 4.69) is 24.8 Å². The molecule has 0 aliphatic carbocycles. The van der Waals surface area contributed by atoms with Crippen LogP contribution in [0.4, 0.5) is 0 Å². The van der Waals surface area contributed by atoms with Gasteiger partial charge < -0.3 is 4.74 Å². The van der Waals surface area contributed by atoms with E-state index in [9.17, 15) is 4.79 Å². The van der Waals surface area contributed by atoms with Gasteiger partial charge in [0.25, 0.3) is 0 Å². The van der Waals surface area contributed by atoms with Crippen LogP contribution in [0.15, 0.2) is 48.6 Å². The van der Waals surface area contributed by atoms with Crippen molar-refractivity contribution in [3.8, 4) is 6.07 Å². The van der Waals surface area contributed by atoms with Gasteiger partial charge in [0.2, 0.25) is 0 Å². The molecule has 0 fully saturated rings. The zero-order chi connectivity index (χ0) is 14.4. The van der Waals surface area contributed by atoms with Crippen LogP contribution in [0.2, 0.25) is 0 Å². The van der Waals surface area contributed by atoms with Gasteiger partial charge in [-0.2, -0.15) is 5.26 Å². The summed E-state index contributed by atoms with van der Waals surface area (Å²) in [6, 6.07) is 9.71. The van der Waals surface area contributed by atoms with Gasteiger partial charge in [-0.3, -0.25) is 0 Å². The number of benzene rings is 1. The van der Waals surface area contributed by atoms with E-state index < -0.39 is 11.9 Å². The molecule has 19 heavy (non-hydrogen) atoms. The predicted octanol–water partition coefficient (Wildman–Crippen LogP) is 3.14. The standard InChI is InChI=1S/C16H17NO2/c1-5-13-6-8-14(9-7-13)15(11(2)10-17)12(3)16(18)19-4/h6-9,15H,2-3,5H2,1,4H3. The third-order valence-corrected chi connectivity index (χ3v) is 3.01. The number of allylic oxidation sites excluding steroid dienone is 1. The average Bonchev–Trinajstić information content (AvgIpc) is 2.46. The average molecular weight is 255 g/mol. The van der Waals surface area contributed by atoms with Crippen molar-refractivity contribution in [2.45, 2.75) is 19.3 Å². The van der Waals surface area contributed by atoms with E-state index in [1.807, 2.05) is 30.3 Å². The van der Waals surface area contributed by atoms with Crippen molar-refractivity contribution in [1.82, 2.24) is 0 Å². The van der Waals surface area contributed by atoms with Gasteiger partial charge in [0.1, 0.15) is 0 Å². The van der Waals surface area contributed by atoms with Crippen LogP contribution in [-0.2, 0) is 16.0 Å². The van der Waals surface area contributed by atoms with Crippen LogP contribution in [0, 0.1) is 11.3 Å². The normalized spacial score (nSPS) is 11.2. The number of carbonyl (C=O) groups excluding carboxylic acids is 1. The molecule has 0 heterocycles. The molecule has 1 rings (SSSR count). The van der Waals surface area contributed by atoms with E-state index in [4.69, 9.17) is 5.26 Å². The molecule has 0 N–H and O–H groups in total. The van der Waals surface area contributed by atoms with Gasteiger partial charge in [0, 0.05) is 17.1 Å². The molecule has 1 aromatic rings. The Bertz CT molecular complexity index is 535. The lowest BCUT2D eigenvalue weighted by Crippen LogP contribution is -2.13. The first kappa shape index (κ1) is 14.7. The molecule has 0 aromatic heterocycles. The lowest BCUT2D eigenvalue weighted by atomic mass is 9.86. The van der Waals surface area contributed by atoms with Gasteiger partial charge in [0.15, 0.2) is 0 Å². The molecular weight excluding hydrogens is 238 g/mol. The number of hydrogen-bond acceptors (Lipinski definition) is 3. The van der Waals surface area contributed by atoms with E-state index in [-0.39, 0.29) is 11.1 Å². The van der Waals surface area contributed by atoms with Crippen LogP contribution < -0.4 is 0 Å². The SMILES string of the molecule is C=C(C#N)C(C(=C)C(=O)OC)c1ccc(CC)cc1. The van der Waals surface area contributed by atoms with Crippen molar-refractivity contribution in [1.29, 1.82) is 5.26 Å². The smallest absolute Gasteiger partial charge is 0.334 e. The molecule has 0 saturated heterocycles. The van der Waals surface area contributed by atoms with Crippen molar-refractivity contribution in [3.05, 3.63) is 59.7 Å². The Kier molecular flexibility index (Phi) is 5.08. The van der Waals surface area contributed by atoms with Crippen molar-refractivity contribution in [3.63, 3.8) is 0 Å². The molecule has 3 nitrogen and oxygen atoms in total. The number of hydrogen-bond donors (Lipinski definition) is 0. The highest BCUT2D eigenvalue weighted by Crippen LogP contribution is 2.30. The number of aryl methyl sites for hydroxylation is 1. The van der Waals surface area contributed by atoms with Crippen LogP contribution in [-0.4, -0.2) is 13.1 Å². The second-order valence-corrected chi connectivity index (χ2v) is 4.18.